The Labute approximate surface area is 134 Å². The van der Waals surface area contributed by atoms with Gasteiger partial charge >= 0.3 is 0 Å². The zero-order valence-corrected chi connectivity index (χ0v) is 14.2. The van der Waals surface area contributed by atoms with Crippen LogP contribution in [0, 0.1) is 23.7 Å². The maximum absolute atomic E-state index is 12.6. The van der Waals surface area contributed by atoms with E-state index in [-0.39, 0.29) is 29.8 Å². The van der Waals surface area contributed by atoms with Gasteiger partial charge in [0.05, 0.1) is 24.5 Å². The molecule has 2 amide bonds. The van der Waals surface area contributed by atoms with Crippen molar-refractivity contribution in [3.63, 3.8) is 0 Å². The predicted octanol–water partition coefficient (Wildman–Crippen LogP) is 1.94. The molecule has 4 nitrogen and oxygen atoms in total. The average Bonchev–Trinajstić information content (AvgIpc) is 3.15. The van der Waals surface area contributed by atoms with Crippen LogP contribution in [0.15, 0.2) is 0 Å². The summed E-state index contributed by atoms with van der Waals surface area (Å²) in [6.07, 6.45) is 3.04. The molecule has 4 rings (SSSR count). The van der Waals surface area contributed by atoms with Gasteiger partial charge in [0.25, 0.3) is 0 Å². The van der Waals surface area contributed by atoms with Crippen LogP contribution in [0.3, 0.4) is 0 Å². The number of likely N-dealkylation sites (tertiary alicyclic amines) is 1. The predicted molar refractivity (Wildman–Crippen MR) is 79.7 cm³/mol. The van der Waals surface area contributed by atoms with Gasteiger partial charge in [0, 0.05) is 16.3 Å². The lowest BCUT2D eigenvalue weighted by Gasteiger charge is -2.28. The zero-order chi connectivity index (χ0) is 14.0. The van der Waals surface area contributed by atoms with Crippen molar-refractivity contribution in [1.82, 2.24) is 4.90 Å². The molecule has 0 N–H and O–H groups in total. The molecule has 110 valence electrons. The normalized spacial score (nSPS) is 50.3. The number of carbonyl (C=O) groups excluding carboxylic acids is 2. The molecule has 7 atom stereocenters. The lowest BCUT2D eigenvalue weighted by molar-refractivity contribution is -0.142. The van der Waals surface area contributed by atoms with E-state index in [4.69, 9.17) is 4.74 Å². The lowest BCUT2D eigenvalue weighted by atomic mass is 9.81. The summed E-state index contributed by atoms with van der Waals surface area (Å²) in [6.45, 7) is 1.22. The van der Waals surface area contributed by atoms with Crippen LogP contribution in [0.2, 0.25) is 0 Å². The SMILES string of the molecule is O=C1C2C3CC(C(Br)C3Br)C2C(=O)N1CC1CCCO1. The zero-order valence-electron chi connectivity index (χ0n) is 11.0. The average molecular weight is 407 g/mol. The maximum atomic E-state index is 12.6. The van der Waals surface area contributed by atoms with Gasteiger partial charge in [0.15, 0.2) is 0 Å². The second-order valence-corrected chi connectivity index (χ2v) is 8.54. The second-order valence-electron chi connectivity index (χ2n) is 6.43. The highest BCUT2D eigenvalue weighted by Crippen LogP contribution is 2.60. The van der Waals surface area contributed by atoms with Gasteiger partial charge in [0.1, 0.15) is 0 Å². The summed E-state index contributed by atoms with van der Waals surface area (Å²) in [5.74, 6) is 0.526. The van der Waals surface area contributed by atoms with E-state index in [9.17, 15) is 9.59 Å². The molecule has 6 heteroatoms. The smallest absolute Gasteiger partial charge is 0.233 e. The van der Waals surface area contributed by atoms with E-state index < -0.39 is 0 Å². The van der Waals surface area contributed by atoms with Gasteiger partial charge in [-0.1, -0.05) is 31.9 Å². The van der Waals surface area contributed by atoms with Crippen molar-refractivity contribution in [2.75, 3.05) is 13.2 Å². The lowest BCUT2D eigenvalue weighted by Crippen LogP contribution is -2.38. The summed E-state index contributed by atoms with van der Waals surface area (Å²) < 4.78 is 5.58. The van der Waals surface area contributed by atoms with E-state index in [1.807, 2.05) is 0 Å². The Hall–Kier alpha value is 0.0600. The van der Waals surface area contributed by atoms with Gasteiger partial charge in [-0.2, -0.15) is 0 Å². The van der Waals surface area contributed by atoms with Crippen molar-refractivity contribution >= 4 is 43.7 Å². The standard InChI is InChI=1S/C14H17Br2NO3/c15-11-7-4-8(12(11)16)10-9(7)13(18)17(14(10)19)5-6-2-1-3-20-6/h6-12H,1-5H2. The molecular weight excluding hydrogens is 390 g/mol. The number of rotatable bonds is 2. The highest BCUT2D eigenvalue weighted by Gasteiger charge is 2.66. The Kier molecular flexibility index (Phi) is 3.28. The largest absolute Gasteiger partial charge is 0.376 e. The Morgan fingerprint density at radius 3 is 2.20 bits per heavy atom. The number of hydrogen-bond acceptors (Lipinski definition) is 3. The Bertz CT molecular complexity index is 433. The highest BCUT2D eigenvalue weighted by atomic mass is 79.9. The maximum Gasteiger partial charge on any atom is 0.233 e. The molecule has 2 saturated heterocycles. The molecule has 0 radical (unpaired) electrons. The summed E-state index contributed by atoms with van der Waals surface area (Å²) in [6, 6.07) is 0. The summed E-state index contributed by atoms with van der Waals surface area (Å²) >= 11 is 7.40. The molecule has 2 saturated carbocycles. The molecule has 4 fully saturated rings. The first-order valence-electron chi connectivity index (χ1n) is 7.34. The minimum absolute atomic E-state index is 0.0480. The van der Waals surface area contributed by atoms with Gasteiger partial charge < -0.3 is 4.74 Å². The molecule has 7 unspecified atom stereocenters. The van der Waals surface area contributed by atoms with Gasteiger partial charge in [-0.25, -0.2) is 0 Å². The van der Waals surface area contributed by atoms with E-state index >= 15 is 0 Å². The van der Waals surface area contributed by atoms with Crippen LogP contribution >= 0.6 is 31.9 Å². The van der Waals surface area contributed by atoms with Crippen LogP contribution in [-0.4, -0.2) is 45.6 Å². The van der Waals surface area contributed by atoms with E-state index in [2.05, 4.69) is 31.9 Å². The summed E-state index contributed by atoms with van der Waals surface area (Å²) in [4.78, 5) is 27.4. The van der Waals surface area contributed by atoms with Crippen molar-refractivity contribution < 1.29 is 14.3 Å². The first-order chi connectivity index (χ1) is 9.59. The molecule has 2 aliphatic heterocycles. The van der Waals surface area contributed by atoms with Crippen molar-refractivity contribution in [2.24, 2.45) is 23.7 Å². The fraction of sp³-hybridized carbons (Fsp3) is 0.857. The van der Waals surface area contributed by atoms with Crippen LogP contribution in [0.5, 0.6) is 0 Å². The van der Waals surface area contributed by atoms with Crippen molar-refractivity contribution in [3.8, 4) is 0 Å². The molecular formula is C14H17Br2NO3. The van der Waals surface area contributed by atoms with Gasteiger partial charge in [-0.3, -0.25) is 14.5 Å². The number of ether oxygens (including phenoxy) is 1. The van der Waals surface area contributed by atoms with E-state index in [1.165, 1.54) is 4.90 Å². The molecule has 0 aromatic heterocycles. The van der Waals surface area contributed by atoms with E-state index in [0.717, 1.165) is 25.9 Å². The van der Waals surface area contributed by atoms with Crippen LogP contribution in [0.4, 0.5) is 0 Å². The first kappa shape index (κ1) is 13.7. The third-order valence-corrected chi connectivity index (χ3v) is 8.70. The summed E-state index contributed by atoms with van der Waals surface area (Å²) in [5, 5.41) is 0. The molecule has 0 aromatic rings. The number of halogens is 2. The molecule has 20 heavy (non-hydrogen) atoms. The number of alkyl halides is 2. The fourth-order valence-electron chi connectivity index (χ4n) is 4.58. The number of fused-ring (bicyclic) bond motifs is 5. The van der Waals surface area contributed by atoms with Gasteiger partial charge in [0.2, 0.25) is 11.8 Å². The molecule has 2 aliphatic carbocycles. The van der Waals surface area contributed by atoms with Gasteiger partial charge in [-0.15, -0.1) is 0 Å². The van der Waals surface area contributed by atoms with E-state index in [0.29, 0.717) is 28.0 Å². The molecule has 2 heterocycles. The number of imide groups is 1. The molecule has 0 aromatic carbocycles. The number of hydrogen-bond donors (Lipinski definition) is 0. The molecule has 2 bridgehead atoms. The number of amides is 2. The Morgan fingerprint density at radius 1 is 1.10 bits per heavy atom. The molecule has 4 aliphatic rings. The van der Waals surface area contributed by atoms with Crippen molar-refractivity contribution in [3.05, 3.63) is 0 Å². The van der Waals surface area contributed by atoms with E-state index in [1.54, 1.807) is 0 Å². The fourth-order valence-corrected chi connectivity index (χ4v) is 6.46. The highest BCUT2D eigenvalue weighted by molar-refractivity contribution is 9.12. The molecule has 0 spiro atoms. The topological polar surface area (TPSA) is 46.6 Å². The summed E-state index contributed by atoms with van der Waals surface area (Å²) in [5.41, 5.74) is 0. The van der Waals surface area contributed by atoms with Crippen molar-refractivity contribution in [2.45, 2.75) is 35.0 Å². The third-order valence-electron chi connectivity index (χ3n) is 5.49. The van der Waals surface area contributed by atoms with Crippen LogP contribution in [-0.2, 0) is 14.3 Å². The second kappa shape index (κ2) is 4.78. The van der Waals surface area contributed by atoms with Crippen molar-refractivity contribution in [1.29, 1.82) is 0 Å². The minimum atomic E-state index is -0.0907. The monoisotopic (exact) mass is 405 g/mol. The van der Waals surface area contributed by atoms with Crippen LogP contribution in [0.1, 0.15) is 19.3 Å². The Morgan fingerprint density at radius 2 is 1.70 bits per heavy atom. The van der Waals surface area contributed by atoms with Crippen LogP contribution in [0.25, 0.3) is 0 Å². The summed E-state index contributed by atoms with van der Waals surface area (Å²) in [7, 11) is 0. The van der Waals surface area contributed by atoms with Gasteiger partial charge in [-0.05, 0) is 31.1 Å². The first-order valence-corrected chi connectivity index (χ1v) is 9.17. The minimum Gasteiger partial charge on any atom is -0.376 e. The quantitative estimate of drug-likeness (QED) is 0.520. The number of carbonyl (C=O) groups is 2. The third kappa shape index (κ3) is 1.73. The number of nitrogens with zero attached hydrogens (tertiary/aromatic N) is 1. The Balaban J connectivity index is 1.57. The van der Waals surface area contributed by atoms with Crippen LogP contribution < -0.4 is 0 Å².